The highest BCUT2D eigenvalue weighted by Gasteiger charge is 2.26. The highest BCUT2D eigenvalue weighted by molar-refractivity contribution is 5.73. The zero-order valence-electron chi connectivity index (χ0n) is 10.6. The van der Waals surface area contributed by atoms with Gasteiger partial charge in [-0.15, -0.1) is 0 Å². The number of carbonyl (C=O) groups is 1. The van der Waals surface area contributed by atoms with Crippen molar-refractivity contribution in [3.63, 3.8) is 0 Å². The van der Waals surface area contributed by atoms with Crippen LogP contribution in [0, 0.1) is 11.3 Å². The first-order valence-electron chi connectivity index (χ1n) is 5.99. The molecular weight excluding hydrogens is 206 g/mol. The minimum Gasteiger partial charge on any atom is -0.481 e. The molecule has 0 saturated heterocycles. The normalized spacial score (nSPS) is 13.8. The second-order valence-corrected chi connectivity index (χ2v) is 4.99. The van der Waals surface area contributed by atoms with Crippen LogP contribution >= 0.6 is 0 Å². The van der Waals surface area contributed by atoms with Crippen LogP contribution < -0.4 is 5.32 Å². The van der Waals surface area contributed by atoms with Crippen molar-refractivity contribution >= 4 is 5.97 Å². The molecule has 0 saturated carbocycles. The number of hydrogen-bond donors (Lipinski definition) is 3. The molecule has 1 atom stereocenters. The third kappa shape index (κ3) is 6.08. The molecule has 96 valence electrons. The van der Waals surface area contributed by atoms with Gasteiger partial charge < -0.3 is 15.5 Å². The molecule has 0 fully saturated rings. The second kappa shape index (κ2) is 7.63. The van der Waals surface area contributed by atoms with E-state index in [0.717, 1.165) is 25.8 Å². The second-order valence-electron chi connectivity index (χ2n) is 4.99. The van der Waals surface area contributed by atoms with Gasteiger partial charge in [-0.25, -0.2) is 0 Å². The molecular formula is C12H25NO3. The van der Waals surface area contributed by atoms with Gasteiger partial charge in [0, 0.05) is 13.2 Å². The van der Waals surface area contributed by atoms with E-state index >= 15 is 0 Å². The first kappa shape index (κ1) is 15.4. The first-order valence-corrected chi connectivity index (χ1v) is 5.99. The lowest BCUT2D eigenvalue weighted by molar-refractivity contribution is -0.146. The molecule has 0 spiro atoms. The molecule has 0 aliphatic rings. The van der Waals surface area contributed by atoms with Crippen molar-refractivity contribution < 1.29 is 15.0 Å². The number of rotatable bonds is 9. The largest absolute Gasteiger partial charge is 0.481 e. The molecule has 0 aliphatic heterocycles. The Bertz CT molecular complexity index is 198. The SMILES string of the molecule is CCCC(CCO)CNCC(C)(C)C(=O)O. The fourth-order valence-corrected chi connectivity index (χ4v) is 1.60. The average Bonchev–Trinajstić information content (AvgIpc) is 2.17. The average molecular weight is 231 g/mol. The Morgan fingerprint density at radius 3 is 2.44 bits per heavy atom. The van der Waals surface area contributed by atoms with Crippen LogP contribution in [0.25, 0.3) is 0 Å². The van der Waals surface area contributed by atoms with Crippen LogP contribution in [0.1, 0.15) is 40.0 Å². The summed E-state index contributed by atoms with van der Waals surface area (Å²) in [6.07, 6.45) is 2.95. The Kier molecular flexibility index (Phi) is 7.34. The third-order valence-corrected chi connectivity index (χ3v) is 2.81. The molecule has 0 rings (SSSR count). The van der Waals surface area contributed by atoms with Crippen LogP contribution in [0.4, 0.5) is 0 Å². The topological polar surface area (TPSA) is 69.6 Å². The van der Waals surface area contributed by atoms with Gasteiger partial charge >= 0.3 is 5.97 Å². The van der Waals surface area contributed by atoms with E-state index in [-0.39, 0.29) is 6.61 Å². The summed E-state index contributed by atoms with van der Waals surface area (Å²) in [6, 6.07) is 0. The lowest BCUT2D eigenvalue weighted by Gasteiger charge is -2.22. The Balaban J connectivity index is 3.88. The fraction of sp³-hybridized carbons (Fsp3) is 0.917. The van der Waals surface area contributed by atoms with E-state index in [9.17, 15) is 4.79 Å². The summed E-state index contributed by atoms with van der Waals surface area (Å²) >= 11 is 0. The molecule has 0 amide bonds. The molecule has 0 aliphatic carbocycles. The number of hydrogen-bond acceptors (Lipinski definition) is 3. The summed E-state index contributed by atoms with van der Waals surface area (Å²) in [4.78, 5) is 10.9. The van der Waals surface area contributed by atoms with Crippen LogP contribution in [0.3, 0.4) is 0 Å². The predicted octanol–water partition coefficient (Wildman–Crippen LogP) is 1.49. The van der Waals surface area contributed by atoms with Crippen LogP contribution in [-0.4, -0.2) is 35.9 Å². The van der Waals surface area contributed by atoms with Gasteiger partial charge in [-0.05, 0) is 39.2 Å². The molecule has 0 aromatic rings. The fourth-order valence-electron chi connectivity index (χ4n) is 1.60. The molecule has 1 unspecified atom stereocenters. The summed E-state index contributed by atoms with van der Waals surface area (Å²) in [5.41, 5.74) is -0.726. The highest BCUT2D eigenvalue weighted by Crippen LogP contribution is 2.14. The van der Waals surface area contributed by atoms with E-state index in [1.807, 2.05) is 0 Å². The molecule has 0 bridgehead atoms. The predicted molar refractivity (Wildman–Crippen MR) is 64.4 cm³/mol. The van der Waals surface area contributed by atoms with Crippen molar-refractivity contribution in [1.82, 2.24) is 5.32 Å². The van der Waals surface area contributed by atoms with E-state index in [2.05, 4.69) is 12.2 Å². The third-order valence-electron chi connectivity index (χ3n) is 2.81. The van der Waals surface area contributed by atoms with Gasteiger partial charge in [-0.2, -0.15) is 0 Å². The molecule has 0 heterocycles. The lowest BCUT2D eigenvalue weighted by atomic mass is 9.93. The maximum atomic E-state index is 10.9. The van der Waals surface area contributed by atoms with Gasteiger partial charge in [-0.1, -0.05) is 13.3 Å². The van der Waals surface area contributed by atoms with Crippen molar-refractivity contribution in [3.8, 4) is 0 Å². The number of nitrogens with one attached hydrogen (secondary N) is 1. The molecule has 3 N–H and O–H groups in total. The Morgan fingerprint density at radius 2 is 2.00 bits per heavy atom. The summed E-state index contributed by atoms with van der Waals surface area (Å²) in [5.74, 6) is -0.339. The van der Waals surface area contributed by atoms with Crippen molar-refractivity contribution in [2.24, 2.45) is 11.3 Å². The standard InChI is InChI=1S/C12H25NO3/c1-4-5-10(6-7-14)8-13-9-12(2,3)11(15)16/h10,13-14H,4-9H2,1-3H3,(H,15,16). The van der Waals surface area contributed by atoms with E-state index in [1.54, 1.807) is 13.8 Å². The van der Waals surface area contributed by atoms with Gasteiger partial charge in [-0.3, -0.25) is 4.79 Å². The van der Waals surface area contributed by atoms with Crippen molar-refractivity contribution in [2.75, 3.05) is 19.7 Å². The van der Waals surface area contributed by atoms with Crippen molar-refractivity contribution in [3.05, 3.63) is 0 Å². The quantitative estimate of drug-likeness (QED) is 0.562. The van der Waals surface area contributed by atoms with Crippen molar-refractivity contribution in [2.45, 2.75) is 40.0 Å². The molecule has 0 aromatic heterocycles. The lowest BCUT2D eigenvalue weighted by Crippen LogP contribution is -2.38. The van der Waals surface area contributed by atoms with Gasteiger partial charge in [0.25, 0.3) is 0 Å². The number of aliphatic hydroxyl groups excluding tert-OH is 1. The molecule has 0 aromatic carbocycles. The van der Waals surface area contributed by atoms with Crippen LogP contribution in [0.15, 0.2) is 0 Å². The Hall–Kier alpha value is -0.610. The summed E-state index contributed by atoms with van der Waals surface area (Å²) < 4.78 is 0. The van der Waals surface area contributed by atoms with E-state index < -0.39 is 11.4 Å². The van der Waals surface area contributed by atoms with Crippen LogP contribution in [0.2, 0.25) is 0 Å². The van der Waals surface area contributed by atoms with Crippen molar-refractivity contribution in [1.29, 1.82) is 0 Å². The zero-order valence-corrected chi connectivity index (χ0v) is 10.6. The van der Waals surface area contributed by atoms with Gasteiger partial charge in [0.15, 0.2) is 0 Å². The number of aliphatic hydroxyl groups is 1. The summed E-state index contributed by atoms with van der Waals surface area (Å²) in [7, 11) is 0. The zero-order chi connectivity index (χ0) is 12.6. The van der Waals surface area contributed by atoms with E-state index in [1.165, 1.54) is 0 Å². The van der Waals surface area contributed by atoms with Gasteiger partial charge in [0.1, 0.15) is 0 Å². The minimum atomic E-state index is -0.783. The number of carboxylic acid groups (broad SMARTS) is 1. The van der Waals surface area contributed by atoms with Gasteiger partial charge in [0.2, 0.25) is 0 Å². The number of aliphatic carboxylic acids is 1. The molecule has 0 radical (unpaired) electrons. The summed E-state index contributed by atoms with van der Waals surface area (Å²) in [5, 5.41) is 21.0. The molecule has 4 heteroatoms. The maximum absolute atomic E-state index is 10.9. The monoisotopic (exact) mass is 231 g/mol. The summed E-state index contributed by atoms with van der Waals surface area (Å²) in [6.45, 7) is 6.99. The Morgan fingerprint density at radius 1 is 1.38 bits per heavy atom. The van der Waals surface area contributed by atoms with Crippen LogP contribution in [0.5, 0.6) is 0 Å². The minimum absolute atomic E-state index is 0.203. The van der Waals surface area contributed by atoms with Crippen LogP contribution in [-0.2, 0) is 4.79 Å². The molecule has 4 nitrogen and oxygen atoms in total. The van der Waals surface area contributed by atoms with E-state index in [4.69, 9.17) is 10.2 Å². The van der Waals surface area contributed by atoms with E-state index in [0.29, 0.717) is 12.5 Å². The highest BCUT2D eigenvalue weighted by atomic mass is 16.4. The smallest absolute Gasteiger partial charge is 0.310 e. The Labute approximate surface area is 98.1 Å². The first-order chi connectivity index (χ1) is 7.44. The molecule has 16 heavy (non-hydrogen) atoms. The maximum Gasteiger partial charge on any atom is 0.310 e. The van der Waals surface area contributed by atoms with Gasteiger partial charge in [0.05, 0.1) is 5.41 Å². The number of carboxylic acids is 1.